The molecule has 63 heavy (non-hydrogen) atoms. The van der Waals surface area contributed by atoms with Crippen molar-refractivity contribution in [1.82, 2.24) is 20.0 Å². The first kappa shape index (κ1) is 52.2. The molecule has 0 saturated carbocycles. The molecule has 19 nitrogen and oxygen atoms in total. The summed E-state index contributed by atoms with van der Waals surface area (Å²) in [6.07, 6.45) is -0.482. The minimum absolute atomic E-state index is 0.0347. The molecule has 3 rings (SSSR count). The highest BCUT2D eigenvalue weighted by molar-refractivity contribution is 5.80. The summed E-state index contributed by atoms with van der Waals surface area (Å²) in [5.74, 6) is -2.54. The molecule has 0 aromatic heterocycles. The molecule has 1 aliphatic carbocycles. The zero-order chi connectivity index (χ0) is 45.7. The summed E-state index contributed by atoms with van der Waals surface area (Å²) in [5, 5.41) is 20.0. The van der Waals surface area contributed by atoms with Crippen molar-refractivity contribution >= 4 is 35.8 Å². The van der Waals surface area contributed by atoms with Crippen molar-refractivity contribution < 1.29 is 72.1 Å². The number of amides is 4. The first-order chi connectivity index (χ1) is 30.5. The SMILES string of the molecule is CN(CCN(CCN(C)C(=O)CCOCCOCCC(=O)O)C(=O)CCOCCNC(=O)OCC1c2ccccc2-c2ccccc21)C(=O)CCOCCOCCOCCC(=O)O. The van der Waals surface area contributed by atoms with E-state index in [1.54, 1.807) is 19.0 Å². The largest absolute Gasteiger partial charge is 0.481 e. The topological polar surface area (TPSA) is 229 Å². The van der Waals surface area contributed by atoms with Crippen molar-refractivity contribution in [1.29, 1.82) is 0 Å². The van der Waals surface area contributed by atoms with E-state index in [9.17, 15) is 28.8 Å². The Hall–Kier alpha value is -5.18. The molecule has 0 bridgehead atoms. The Balaban J connectivity index is 1.37. The van der Waals surface area contributed by atoms with Gasteiger partial charge in [-0.15, -0.1) is 0 Å². The number of aliphatic carboxylic acids is 2. The number of hydrogen-bond acceptors (Lipinski definition) is 13. The number of carboxylic acids is 2. The first-order valence-electron chi connectivity index (χ1n) is 21.2. The Morgan fingerprint density at radius 2 is 0.889 bits per heavy atom. The van der Waals surface area contributed by atoms with Gasteiger partial charge < -0.3 is 63.4 Å². The van der Waals surface area contributed by atoms with E-state index in [1.807, 2.05) is 36.4 Å². The Morgan fingerprint density at radius 1 is 0.508 bits per heavy atom. The molecular formula is C44H64N4O15. The lowest BCUT2D eigenvalue weighted by molar-refractivity contribution is -0.139. The third-order valence-corrected chi connectivity index (χ3v) is 9.89. The van der Waals surface area contributed by atoms with Gasteiger partial charge in [-0.25, -0.2) is 4.79 Å². The Bertz CT molecular complexity index is 1670. The highest BCUT2D eigenvalue weighted by atomic mass is 16.6. The summed E-state index contributed by atoms with van der Waals surface area (Å²) < 4.78 is 37.9. The maximum Gasteiger partial charge on any atom is 0.407 e. The van der Waals surface area contributed by atoms with Crippen molar-refractivity contribution in [3.05, 3.63) is 59.7 Å². The van der Waals surface area contributed by atoms with Gasteiger partial charge in [-0.2, -0.15) is 0 Å². The van der Waals surface area contributed by atoms with Gasteiger partial charge in [0.1, 0.15) is 6.61 Å². The van der Waals surface area contributed by atoms with E-state index in [1.165, 1.54) is 9.80 Å². The van der Waals surface area contributed by atoms with E-state index >= 15 is 0 Å². The number of hydrogen-bond donors (Lipinski definition) is 3. The zero-order valence-corrected chi connectivity index (χ0v) is 36.5. The molecule has 350 valence electrons. The predicted octanol–water partition coefficient (Wildman–Crippen LogP) is 2.49. The van der Waals surface area contributed by atoms with Gasteiger partial charge in [0.2, 0.25) is 17.7 Å². The molecule has 2 aromatic carbocycles. The maximum absolute atomic E-state index is 13.4. The van der Waals surface area contributed by atoms with Crippen LogP contribution in [-0.2, 0) is 57.1 Å². The van der Waals surface area contributed by atoms with Crippen LogP contribution in [0, 0.1) is 0 Å². The van der Waals surface area contributed by atoms with Crippen molar-refractivity contribution in [2.24, 2.45) is 0 Å². The van der Waals surface area contributed by atoms with Crippen molar-refractivity contribution in [2.75, 3.05) is 133 Å². The van der Waals surface area contributed by atoms with Crippen molar-refractivity contribution in [2.45, 2.75) is 38.0 Å². The number of nitrogens with one attached hydrogen (secondary N) is 1. The van der Waals surface area contributed by atoms with Gasteiger partial charge >= 0.3 is 18.0 Å². The van der Waals surface area contributed by atoms with Gasteiger partial charge in [-0.05, 0) is 22.3 Å². The van der Waals surface area contributed by atoms with Crippen LogP contribution < -0.4 is 5.32 Å². The quantitative estimate of drug-likeness (QED) is 0.0845. The van der Waals surface area contributed by atoms with Gasteiger partial charge in [-0.1, -0.05) is 48.5 Å². The van der Waals surface area contributed by atoms with Crippen LogP contribution in [0.5, 0.6) is 0 Å². The molecule has 1 aliphatic rings. The Kier molecular flexibility index (Phi) is 25.5. The van der Waals surface area contributed by atoms with E-state index in [2.05, 4.69) is 17.4 Å². The zero-order valence-electron chi connectivity index (χ0n) is 36.5. The Morgan fingerprint density at radius 3 is 1.33 bits per heavy atom. The number of likely N-dealkylation sites (N-methyl/N-ethyl adjacent to an activating group) is 2. The van der Waals surface area contributed by atoms with Crippen LogP contribution in [0.1, 0.15) is 49.1 Å². The number of carbonyl (C=O) groups is 6. The Labute approximate surface area is 368 Å². The molecule has 0 spiro atoms. The van der Waals surface area contributed by atoms with E-state index in [0.29, 0.717) is 6.61 Å². The highest BCUT2D eigenvalue weighted by Gasteiger charge is 2.29. The second-order valence-electron chi connectivity index (χ2n) is 14.5. The highest BCUT2D eigenvalue weighted by Crippen LogP contribution is 2.44. The summed E-state index contributed by atoms with van der Waals surface area (Å²) in [5.41, 5.74) is 4.51. The second-order valence-corrected chi connectivity index (χ2v) is 14.5. The lowest BCUT2D eigenvalue weighted by Gasteiger charge is -2.28. The van der Waals surface area contributed by atoms with Gasteiger partial charge in [0.05, 0.1) is 111 Å². The number of carboxylic acid groups (broad SMARTS) is 2. The summed E-state index contributed by atoms with van der Waals surface area (Å²) in [6.45, 7) is 3.55. The lowest BCUT2D eigenvalue weighted by atomic mass is 9.98. The number of benzene rings is 2. The van der Waals surface area contributed by atoms with E-state index in [0.717, 1.165) is 22.3 Å². The number of nitrogens with zero attached hydrogens (tertiary/aromatic N) is 3. The number of carbonyl (C=O) groups excluding carboxylic acids is 4. The minimum atomic E-state index is -0.950. The summed E-state index contributed by atoms with van der Waals surface area (Å²) in [6, 6.07) is 16.2. The summed E-state index contributed by atoms with van der Waals surface area (Å²) in [4.78, 5) is 77.2. The number of fused-ring (bicyclic) bond motifs is 3. The summed E-state index contributed by atoms with van der Waals surface area (Å²) >= 11 is 0. The van der Waals surface area contributed by atoms with Crippen LogP contribution in [-0.4, -0.2) is 193 Å². The fourth-order valence-electron chi connectivity index (χ4n) is 6.33. The number of ether oxygens (including phenoxy) is 7. The molecule has 0 saturated heterocycles. The van der Waals surface area contributed by atoms with Crippen LogP contribution in [0.2, 0.25) is 0 Å². The molecule has 19 heteroatoms. The molecule has 0 radical (unpaired) electrons. The van der Waals surface area contributed by atoms with Gasteiger partial charge in [0.25, 0.3) is 0 Å². The molecule has 0 fully saturated rings. The second kappa shape index (κ2) is 30.8. The molecule has 3 N–H and O–H groups in total. The predicted molar refractivity (Wildman–Crippen MR) is 228 cm³/mol. The third-order valence-electron chi connectivity index (χ3n) is 9.89. The third kappa shape index (κ3) is 21.2. The number of rotatable bonds is 35. The maximum atomic E-state index is 13.4. The van der Waals surface area contributed by atoms with E-state index in [4.69, 9.17) is 43.4 Å². The lowest BCUT2D eigenvalue weighted by Crippen LogP contribution is -2.44. The van der Waals surface area contributed by atoms with Crippen LogP contribution >= 0.6 is 0 Å². The van der Waals surface area contributed by atoms with Gasteiger partial charge in [-0.3, -0.25) is 24.0 Å². The standard InChI is InChI=1S/C44H64N4O15/c1-46(39(49)11-21-58-27-28-60-24-14-42(52)53)17-19-48(20-18-47(2)40(50)12-22-59-29-31-62-32-30-61-25-15-43(54)55)41(51)13-23-57-26-16-45-44(56)63-33-38-36-9-5-3-7-34(36)35-8-4-6-10-37(35)38/h3-10,38H,11-33H2,1-2H3,(H,45,56)(H,52,53)(H,54,55). The van der Waals surface area contributed by atoms with Crippen LogP contribution in [0.25, 0.3) is 11.1 Å². The van der Waals surface area contributed by atoms with Gasteiger partial charge in [0.15, 0.2) is 0 Å². The van der Waals surface area contributed by atoms with Crippen molar-refractivity contribution in [3.8, 4) is 11.1 Å². The average molecular weight is 889 g/mol. The molecule has 2 aromatic rings. The molecule has 0 aliphatic heterocycles. The average Bonchev–Trinajstić information content (AvgIpc) is 3.59. The molecule has 0 atom stereocenters. The van der Waals surface area contributed by atoms with E-state index < -0.39 is 18.0 Å². The first-order valence-corrected chi connectivity index (χ1v) is 21.2. The molecule has 0 unspecified atom stereocenters. The van der Waals surface area contributed by atoms with Gasteiger partial charge in [0, 0.05) is 52.7 Å². The summed E-state index contributed by atoms with van der Waals surface area (Å²) in [7, 11) is 3.27. The minimum Gasteiger partial charge on any atom is -0.481 e. The molecule has 0 heterocycles. The molecule has 4 amide bonds. The smallest absolute Gasteiger partial charge is 0.407 e. The van der Waals surface area contributed by atoms with Crippen LogP contribution in [0.3, 0.4) is 0 Å². The number of alkyl carbamates (subject to hydrolysis) is 1. The van der Waals surface area contributed by atoms with E-state index in [-0.39, 0.29) is 168 Å². The molecular weight excluding hydrogens is 824 g/mol. The van der Waals surface area contributed by atoms with Crippen molar-refractivity contribution in [3.63, 3.8) is 0 Å². The monoisotopic (exact) mass is 888 g/mol. The fraction of sp³-hybridized carbons (Fsp3) is 0.591. The normalized spacial score (nSPS) is 11.7. The van der Waals surface area contributed by atoms with Crippen LogP contribution in [0.4, 0.5) is 4.79 Å². The fourth-order valence-corrected chi connectivity index (χ4v) is 6.33. The van der Waals surface area contributed by atoms with Crippen LogP contribution in [0.15, 0.2) is 48.5 Å².